The molecule has 36 heavy (non-hydrogen) atoms. The summed E-state index contributed by atoms with van der Waals surface area (Å²) in [4.78, 5) is 0. The van der Waals surface area contributed by atoms with Crippen molar-refractivity contribution in [2.45, 2.75) is 116 Å². The minimum Gasteiger partial charge on any atom is -0.379 e. The van der Waals surface area contributed by atoms with Crippen LogP contribution >= 0.6 is 0 Å². The van der Waals surface area contributed by atoms with Crippen LogP contribution < -0.4 is 0 Å². The van der Waals surface area contributed by atoms with E-state index < -0.39 is 16.5 Å². The molecule has 0 unspecified atom stereocenters. The van der Waals surface area contributed by atoms with E-state index in [0.29, 0.717) is 33.2 Å². The van der Waals surface area contributed by atoms with Crippen LogP contribution in [-0.4, -0.2) is 24.9 Å². The Kier molecular flexibility index (Phi) is 8.72. The first-order chi connectivity index (χ1) is 16.8. The monoisotopic (exact) mass is 520 g/mol. The Hall–Kier alpha value is -1.79. The minimum atomic E-state index is -1.73. The van der Waals surface area contributed by atoms with Gasteiger partial charge < -0.3 is 8.47 Å². The van der Waals surface area contributed by atoms with Crippen molar-refractivity contribution in [2.75, 3.05) is 0 Å². The lowest BCUT2D eigenvalue weighted by molar-refractivity contribution is 0.766. The van der Waals surface area contributed by atoms with Crippen molar-refractivity contribution >= 4 is 16.5 Å². The van der Waals surface area contributed by atoms with Crippen molar-refractivity contribution in [1.29, 1.82) is 0 Å². The second-order valence-electron chi connectivity index (χ2n) is 12.9. The van der Waals surface area contributed by atoms with Gasteiger partial charge in [0.25, 0.3) is 0 Å². The Morgan fingerprint density at radius 3 is 1.03 bits per heavy atom. The quantitative estimate of drug-likeness (QED) is 0.235. The van der Waals surface area contributed by atoms with E-state index in [1.54, 1.807) is 0 Å². The number of hydrogen-bond acceptors (Lipinski definition) is 0. The van der Waals surface area contributed by atoms with Gasteiger partial charge >= 0.3 is 0 Å². The maximum atomic E-state index is 2.65. The molecule has 4 heteroatoms. The standard InChI is InChI=1S/C32H52N2Si2/c1-23(2)35(24(3)4,25(5)6)33-18-16-31(21-33)29-14-13-15-30(20-29)32-17-19-34(22-32)36(26(7)8,27(9)10)28(11)12/h13-28H,1-12H3. The molecule has 0 N–H and O–H groups in total. The van der Waals surface area contributed by atoms with Gasteiger partial charge in [-0.15, -0.1) is 0 Å². The van der Waals surface area contributed by atoms with E-state index in [1.165, 1.54) is 22.3 Å². The highest BCUT2D eigenvalue weighted by Gasteiger charge is 2.46. The molecule has 0 radical (unpaired) electrons. The van der Waals surface area contributed by atoms with Crippen LogP contribution in [0.3, 0.4) is 0 Å². The molecule has 0 aliphatic rings. The maximum absolute atomic E-state index is 2.65. The van der Waals surface area contributed by atoms with E-state index in [1.807, 2.05) is 0 Å². The van der Waals surface area contributed by atoms with Crippen LogP contribution in [0.2, 0.25) is 33.2 Å². The lowest BCUT2D eigenvalue weighted by atomic mass is 10.0. The zero-order valence-electron chi connectivity index (χ0n) is 25.1. The fraction of sp³-hybridized carbons (Fsp3) is 0.562. The van der Waals surface area contributed by atoms with Gasteiger partial charge in [0.05, 0.1) is 0 Å². The Morgan fingerprint density at radius 1 is 0.444 bits per heavy atom. The van der Waals surface area contributed by atoms with Crippen LogP contribution in [0.25, 0.3) is 22.3 Å². The summed E-state index contributed by atoms with van der Waals surface area (Å²) in [7, 11) is -3.45. The molecular formula is C32H52N2Si2. The Bertz CT molecular complexity index is 1000. The smallest absolute Gasteiger partial charge is 0.168 e. The van der Waals surface area contributed by atoms with Crippen molar-refractivity contribution in [3.8, 4) is 22.3 Å². The molecule has 0 aliphatic heterocycles. The lowest BCUT2D eigenvalue weighted by Crippen LogP contribution is -2.51. The van der Waals surface area contributed by atoms with Crippen molar-refractivity contribution in [3.63, 3.8) is 0 Å². The second-order valence-corrected chi connectivity index (χ2v) is 24.4. The van der Waals surface area contributed by atoms with Crippen molar-refractivity contribution < 1.29 is 0 Å². The third-order valence-electron chi connectivity index (χ3n) is 9.36. The second kappa shape index (κ2) is 10.9. The SMILES string of the molecule is CC(C)[Si](C(C)C)(C(C)C)n1ccc(-c2cccc(-c3ccn([Si](C(C)C)(C(C)C)C(C)C)c3)c2)c1. The molecule has 0 fully saturated rings. The van der Waals surface area contributed by atoms with Crippen molar-refractivity contribution in [3.05, 3.63) is 61.2 Å². The van der Waals surface area contributed by atoms with E-state index in [9.17, 15) is 0 Å². The predicted octanol–water partition coefficient (Wildman–Crippen LogP) is 10.7. The number of hydrogen-bond donors (Lipinski definition) is 0. The summed E-state index contributed by atoms with van der Waals surface area (Å²) >= 11 is 0. The zero-order valence-corrected chi connectivity index (χ0v) is 27.1. The van der Waals surface area contributed by atoms with Gasteiger partial charge in [-0.1, -0.05) is 101 Å². The van der Waals surface area contributed by atoms with Gasteiger partial charge in [0.2, 0.25) is 0 Å². The van der Waals surface area contributed by atoms with E-state index in [0.717, 1.165) is 0 Å². The first-order valence-corrected chi connectivity index (χ1v) is 18.6. The van der Waals surface area contributed by atoms with Crippen LogP contribution in [0.15, 0.2) is 61.2 Å². The van der Waals surface area contributed by atoms with E-state index >= 15 is 0 Å². The zero-order chi connectivity index (χ0) is 27.0. The summed E-state index contributed by atoms with van der Waals surface area (Å²) in [5.74, 6) is 0. The van der Waals surface area contributed by atoms with Gasteiger partial charge in [-0.05, 0) is 86.1 Å². The highest BCUT2D eigenvalue weighted by atomic mass is 28.3. The average Bonchev–Trinajstić information content (AvgIpc) is 3.44. The Morgan fingerprint density at radius 2 is 0.750 bits per heavy atom. The minimum absolute atomic E-state index is 0.691. The van der Waals surface area contributed by atoms with Crippen LogP contribution in [0, 0.1) is 0 Å². The summed E-state index contributed by atoms with van der Waals surface area (Å²) in [5, 5.41) is 0. The molecule has 3 rings (SSSR count). The maximum Gasteiger partial charge on any atom is 0.168 e. The first-order valence-electron chi connectivity index (χ1n) is 14.3. The Labute approximate surface area is 224 Å². The van der Waals surface area contributed by atoms with Crippen LogP contribution in [-0.2, 0) is 0 Å². The third kappa shape index (κ3) is 4.64. The lowest BCUT2D eigenvalue weighted by Gasteiger charge is -2.44. The van der Waals surface area contributed by atoms with Gasteiger partial charge in [-0.3, -0.25) is 0 Å². The fourth-order valence-electron chi connectivity index (χ4n) is 8.28. The van der Waals surface area contributed by atoms with E-state index in [4.69, 9.17) is 0 Å². The first kappa shape index (κ1) is 28.8. The molecule has 198 valence electrons. The topological polar surface area (TPSA) is 9.86 Å². The van der Waals surface area contributed by atoms with Crippen molar-refractivity contribution in [2.24, 2.45) is 0 Å². The van der Waals surface area contributed by atoms with Gasteiger partial charge in [0.15, 0.2) is 16.5 Å². The molecule has 3 aromatic rings. The molecule has 2 aromatic heterocycles. The highest BCUT2D eigenvalue weighted by molar-refractivity contribution is 6.82. The molecule has 0 atom stereocenters. The van der Waals surface area contributed by atoms with Gasteiger partial charge in [-0.25, -0.2) is 0 Å². The molecule has 0 saturated heterocycles. The van der Waals surface area contributed by atoms with Crippen molar-refractivity contribution in [1.82, 2.24) is 8.47 Å². The summed E-state index contributed by atoms with van der Waals surface area (Å²) < 4.78 is 5.30. The highest BCUT2D eigenvalue weighted by Crippen LogP contribution is 2.45. The molecular weight excluding hydrogens is 469 g/mol. The van der Waals surface area contributed by atoms with E-state index in [-0.39, 0.29) is 0 Å². The number of nitrogens with zero attached hydrogens (tertiary/aromatic N) is 2. The Balaban J connectivity index is 2.03. The molecule has 0 aliphatic carbocycles. The predicted molar refractivity (Wildman–Crippen MR) is 166 cm³/mol. The van der Waals surface area contributed by atoms with Crippen LogP contribution in [0.5, 0.6) is 0 Å². The number of rotatable bonds is 10. The summed E-state index contributed by atoms with van der Waals surface area (Å²) in [6, 6.07) is 13.9. The number of aromatic nitrogens is 2. The molecule has 1 aromatic carbocycles. The normalized spacial score (nSPS) is 13.4. The van der Waals surface area contributed by atoms with Gasteiger partial charge in [0, 0.05) is 12.4 Å². The van der Waals surface area contributed by atoms with Crippen LogP contribution in [0.1, 0.15) is 83.1 Å². The molecule has 0 bridgehead atoms. The third-order valence-corrected chi connectivity index (χ3v) is 22.8. The molecule has 0 saturated carbocycles. The van der Waals surface area contributed by atoms with Gasteiger partial charge in [-0.2, -0.15) is 0 Å². The molecule has 2 nitrogen and oxygen atoms in total. The molecule has 0 spiro atoms. The average molecular weight is 521 g/mol. The summed E-state index contributed by atoms with van der Waals surface area (Å²) in [6.07, 6.45) is 9.65. The van der Waals surface area contributed by atoms with E-state index in [2.05, 4.69) is 153 Å². The molecule has 0 amide bonds. The summed E-state index contributed by atoms with van der Waals surface area (Å²) in [6.45, 7) is 29.2. The molecule has 2 heterocycles. The van der Waals surface area contributed by atoms with Crippen LogP contribution in [0.4, 0.5) is 0 Å². The largest absolute Gasteiger partial charge is 0.379 e. The van der Waals surface area contributed by atoms with Gasteiger partial charge in [0.1, 0.15) is 0 Å². The number of benzene rings is 1. The summed E-state index contributed by atoms with van der Waals surface area (Å²) in [5.41, 5.74) is 9.46. The fourth-order valence-corrected chi connectivity index (χ4v) is 21.3.